The summed E-state index contributed by atoms with van der Waals surface area (Å²) < 4.78 is 36.9. The molecule has 78 valence electrons. The van der Waals surface area contributed by atoms with Crippen LogP contribution in [-0.4, -0.2) is 24.9 Å². The summed E-state index contributed by atoms with van der Waals surface area (Å²) in [7, 11) is 0. The van der Waals surface area contributed by atoms with Crippen LogP contribution in [0.15, 0.2) is 22.3 Å². The van der Waals surface area contributed by atoms with Crippen LogP contribution in [0, 0.1) is 5.92 Å². The maximum absolute atomic E-state index is 12.3. The van der Waals surface area contributed by atoms with Crippen molar-refractivity contribution in [2.45, 2.75) is 13.1 Å². The van der Waals surface area contributed by atoms with E-state index in [-0.39, 0.29) is 6.54 Å². The smallest absolute Gasteiger partial charge is 0.351 e. The predicted octanol–water partition coefficient (Wildman–Crippen LogP) is 1.73. The lowest BCUT2D eigenvalue weighted by molar-refractivity contribution is -0.158. The number of halogens is 3. The van der Waals surface area contributed by atoms with Gasteiger partial charge in [0.2, 0.25) is 0 Å². The molecule has 3 nitrogen and oxygen atoms in total. The Labute approximate surface area is 79.4 Å². The maximum atomic E-state index is 12.3. The zero-order valence-electron chi connectivity index (χ0n) is 7.54. The minimum Gasteiger partial charge on any atom is -0.351 e. The van der Waals surface area contributed by atoms with Gasteiger partial charge in [0.25, 0.3) is 0 Å². The lowest BCUT2D eigenvalue weighted by Gasteiger charge is -2.13. The third kappa shape index (κ3) is 3.20. The van der Waals surface area contributed by atoms with Crippen molar-refractivity contribution in [1.29, 1.82) is 0 Å². The third-order valence-electron chi connectivity index (χ3n) is 1.68. The van der Waals surface area contributed by atoms with Gasteiger partial charge >= 0.3 is 6.18 Å². The highest BCUT2D eigenvalue weighted by atomic mass is 19.4. The molecule has 0 bridgehead atoms. The van der Waals surface area contributed by atoms with Crippen molar-refractivity contribution in [1.82, 2.24) is 5.32 Å². The summed E-state index contributed by atoms with van der Waals surface area (Å²) in [5, 5.41) is 2.60. The monoisotopic (exact) mass is 205 g/mol. The molecule has 0 aromatic carbocycles. The van der Waals surface area contributed by atoms with Gasteiger partial charge in [-0.05, 0) is 13.1 Å². The topological polar surface area (TPSA) is 36.8 Å². The van der Waals surface area contributed by atoms with Gasteiger partial charge in [-0.3, -0.25) is 4.99 Å². The van der Waals surface area contributed by atoms with E-state index < -0.39 is 12.1 Å². The summed E-state index contributed by atoms with van der Waals surface area (Å²) in [6.45, 7) is 1.32. The summed E-state index contributed by atoms with van der Waals surface area (Å²) in [6.07, 6.45) is -0.838. The molecule has 0 aromatic rings. The van der Waals surface area contributed by atoms with Crippen molar-refractivity contribution >= 4 is 12.2 Å². The van der Waals surface area contributed by atoms with Crippen molar-refractivity contribution in [2.75, 3.05) is 6.54 Å². The highest BCUT2D eigenvalue weighted by Gasteiger charge is 2.37. The summed E-state index contributed by atoms with van der Waals surface area (Å²) in [4.78, 5) is 7.32. The molecular weight excluding hydrogens is 195 g/mol. The van der Waals surface area contributed by atoms with Crippen molar-refractivity contribution in [3.63, 3.8) is 0 Å². The van der Waals surface area contributed by atoms with Crippen LogP contribution in [0.25, 0.3) is 0 Å². The first-order valence-electron chi connectivity index (χ1n) is 4.03. The van der Waals surface area contributed by atoms with Crippen molar-refractivity contribution in [2.24, 2.45) is 15.9 Å². The largest absolute Gasteiger partial charge is 0.396 e. The van der Waals surface area contributed by atoms with Gasteiger partial charge < -0.3 is 5.32 Å². The zero-order chi connectivity index (χ0) is 10.6. The number of hydrogen-bond donors (Lipinski definition) is 1. The quantitative estimate of drug-likeness (QED) is 0.642. The molecule has 1 heterocycles. The molecule has 1 aliphatic rings. The second kappa shape index (κ2) is 4.26. The third-order valence-corrected chi connectivity index (χ3v) is 1.68. The van der Waals surface area contributed by atoms with E-state index >= 15 is 0 Å². The number of alkyl halides is 3. The first-order chi connectivity index (χ1) is 6.50. The van der Waals surface area contributed by atoms with Crippen molar-refractivity contribution in [3.8, 4) is 0 Å². The molecule has 0 fully saturated rings. The summed E-state index contributed by atoms with van der Waals surface area (Å²) in [5.41, 5.74) is 0. The first-order valence-corrected chi connectivity index (χ1v) is 4.03. The zero-order valence-corrected chi connectivity index (χ0v) is 7.54. The molecule has 0 aromatic heterocycles. The van der Waals surface area contributed by atoms with Gasteiger partial charge in [-0.1, -0.05) is 6.08 Å². The molecule has 0 amide bonds. The van der Waals surface area contributed by atoms with Gasteiger partial charge in [-0.15, -0.1) is 0 Å². The molecule has 0 spiro atoms. The molecule has 1 atom stereocenters. The minimum absolute atomic E-state index is 0.321. The fraction of sp³-hybridized carbons (Fsp3) is 0.500. The van der Waals surface area contributed by atoms with Crippen LogP contribution in [0.1, 0.15) is 6.92 Å². The Balaban J connectivity index is 2.75. The predicted molar refractivity (Wildman–Crippen MR) is 48.3 cm³/mol. The van der Waals surface area contributed by atoms with Crippen LogP contribution in [0.2, 0.25) is 0 Å². The molecule has 14 heavy (non-hydrogen) atoms. The Kier molecular flexibility index (Phi) is 3.27. The highest BCUT2D eigenvalue weighted by Crippen LogP contribution is 2.27. The molecule has 0 radical (unpaired) electrons. The van der Waals surface area contributed by atoms with Crippen LogP contribution < -0.4 is 5.32 Å². The van der Waals surface area contributed by atoms with Crippen molar-refractivity contribution in [3.05, 3.63) is 12.3 Å². The fourth-order valence-electron chi connectivity index (χ4n) is 0.884. The van der Waals surface area contributed by atoms with E-state index in [4.69, 9.17) is 0 Å². The van der Waals surface area contributed by atoms with E-state index in [1.54, 1.807) is 6.92 Å². The van der Waals surface area contributed by atoms with Crippen LogP contribution in [-0.2, 0) is 0 Å². The average Bonchev–Trinajstić information content (AvgIpc) is 2.15. The van der Waals surface area contributed by atoms with E-state index in [2.05, 4.69) is 15.3 Å². The van der Waals surface area contributed by atoms with Crippen LogP contribution >= 0.6 is 0 Å². The number of nitrogens with zero attached hydrogens (tertiary/aromatic N) is 2. The molecule has 0 saturated heterocycles. The Morgan fingerprint density at radius 3 is 2.86 bits per heavy atom. The van der Waals surface area contributed by atoms with Gasteiger partial charge in [-0.2, -0.15) is 13.2 Å². The molecule has 0 aliphatic carbocycles. The molecule has 1 unspecified atom stereocenters. The van der Waals surface area contributed by atoms with Gasteiger partial charge in [0.05, 0.1) is 12.5 Å². The minimum atomic E-state index is -4.26. The fourth-order valence-corrected chi connectivity index (χ4v) is 0.884. The number of hydrogen-bond acceptors (Lipinski definition) is 3. The van der Waals surface area contributed by atoms with Gasteiger partial charge in [0.1, 0.15) is 12.2 Å². The van der Waals surface area contributed by atoms with Crippen LogP contribution in [0.5, 0.6) is 0 Å². The Bertz CT molecular complexity index is 278. The average molecular weight is 205 g/mol. The number of nitrogens with one attached hydrogen (secondary N) is 1. The number of rotatable bonds is 0. The molecule has 0 saturated carbocycles. The Hall–Kier alpha value is -1.33. The lowest BCUT2D eigenvalue weighted by atomic mass is 10.1. The molecule has 1 N–H and O–H groups in total. The standard InChI is InChI=1S/C8H10F3N3/c1-6-13-3-2-7(8(9,10)11)4-12-5-14-6/h2-3,5,7H,4H2,1H3,(H,12,13,14)/b3-2+. The molecule has 1 aliphatic heterocycles. The van der Waals surface area contributed by atoms with Gasteiger partial charge in [0, 0.05) is 0 Å². The van der Waals surface area contributed by atoms with Crippen molar-refractivity contribution < 1.29 is 13.2 Å². The maximum Gasteiger partial charge on any atom is 0.396 e. The summed E-state index contributed by atoms with van der Waals surface area (Å²) in [6, 6.07) is 0. The van der Waals surface area contributed by atoms with Crippen LogP contribution in [0.4, 0.5) is 13.2 Å². The number of aliphatic imine (C=N–C) groups is 2. The summed E-state index contributed by atoms with van der Waals surface area (Å²) >= 11 is 0. The van der Waals surface area contributed by atoms with E-state index in [0.717, 1.165) is 12.4 Å². The summed E-state index contributed by atoms with van der Waals surface area (Å²) in [5.74, 6) is -1.04. The van der Waals surface area contributed by atoms with E-state index in [1.807, 2.05) is 0 Å². The van der Waals surface area contributed by atoms with E-state index in [9.17, 15) is 13.2 Å². The molecule has 6 heteroatoms. The lowest BCUT2D eigenvalue weighted by Crippen LogP contribution is -2.24. The second-order valence-corrected chi connectivity index (χ2v) is 2.85. The SMILES string of the molecule is CC1=NC=NCC(C(F)(F)F)/C=C/N1. The highest BCUT2D eigenvalue weighted by molar-refractivity contribution is 5.87. The van der Waals surface area contributed by atoms with E-state index in [1.165, 1.54) is 6.20 Å². The van der Waals surface area contributed by atoms with Crippen LogP contribution in [0.3, 0.4) is 0 Å². The first kappa shape index (κ1) is 10.7. The Morgan fingerprint density at radius 1 is 1.50 bits per heavy atom. The molecular formula is C8H10F3N3. The van der Waals surface area contributed by atoms with E-state index in [0.29, 0.717) is 5.84 Å². The second-order valence-electron chi connectivity index (χ2n) is 2.85. The van der Waals surface area contributed by atoms with Gasteiger partial charge in [0.15, 0.2) is 0 Å². The molecule has 1 rings (SSSR count). The Morgan fingerprint density at radius 2 is 2.21 bits per heavy atom. The number of amidine groups is 1. The van der Waals surface area contributed by atoms with Gasteiger partial charge in [-0.25, -0.2) is 4.99 Å². The normalized spacial score (nSPS) is 25.4.